The van der Waals surface area contributed by atoms with Crippen LogP contribution in [0.1, 0.15) is 30.6 Å². The predicted octanol–water partition coefficient (Wildman–Crippen LogP) is 3.58. The number of carbonyl (C=O) groups excluding carboxylic acids is 1. The van der Waals surface area contributed by atoms with Gasteiger partial charge in [0.1, 0.15) is 5.56 Å². The first-order valence-electron chi connectivity index (χ1n) is 7.86. The third-order valence-corrected chi connectivity index (χ3v) is 3.87. The van der Waals surface area contributed by atoms with Gasteiger partial charge >= 0.3 is 0 Å². The quantitative estimate of drug-likeness (QED) is 0.711. The Kier molecular flexibility index (Phi) is 6.63. The van der Waals surface area contributed by atoms with Crippen molar-refractivity contribution in [3.8, 4) is 11.3 Å². The Labute approximate surface area is 146 Å². The second-order valence-electron chi connectivity index (χ2n) is 5.44. The van der Waals surface area contributed by atoms with Gasteiger partial charge in [0.05, 0.1) is 6.61 Å². The van der Waals surface area contributed by atoms with Crippen LogP contribution in [0.25, 0.3) is 11.3 Å². The molecule has 1 amide bonds. The summed E-state index contributed by atoms with van der Waals surface area (Å²) in [6, 6.07) is 7.13. The fourth-order valence-electron chi connectivity index (χ4n) is 2.09. The number of methoxy groups -OCH3 is 1. The number of hydrogen-bond acceptors (Lipinski definition) is 5. The van der Waals surface area contributed by atoms with Crippen molar-refractivity contribution in [2.24, 2.45) is 0 Å². The third kappa shape index (κ3) is 4.49. The molecule has 130 valence electrons. The Morgan fingerprint density at radius 2 is 2.08 bits per heavy atom. The van der Waals surface area contributed by atoms with Crippen LogP contribution in [0, 0.1) is 0 Å². The number of aromatic nitrogens is 1. The summed E-state index contributed by atoms with van der Waals surface area (Å²) in [5.41, 5.74) is 1.12. The summed E-state index contributed by atoms with van der Waals surface area (Å²) in [6.07, 6.45) is 0.833. The highest BCUT2D eigenvalue weighted by Gasteiger charge is 2.24. The standard InChI is InChI=1S/C17H22ClN3O3/c1-4-11(2)20-17(22)14-15(12-5-7-13(18)8-6-12)24-21-16(14)19-9-10-23-3/h5-8,11H,4,9-10H2,1-3H3,(H,19,21)(H,20,22). The Hall–Kier alpha value is -2.05. The largest absolute Gasteiger partial charge is 0.383 e. The molecule has 0 spiro atoms. The number of nitrogens with one attached hydrogen (secondary N) is 2. The van der Waals surface area contributed by atoms with E-state index in [0.717, 1.165) is 12.0 Å². The van der Waals surface area contributed by atoms with Crippen molar-refractivity contribution >= 4 is 23.3 Å². The zero-order chi connectivity index (χ0) is 17.5. The maximum atomic E-state index is 12.7. The molecule has 1 aromatic carbocycles. The van der Waals surface area contributed by atoms with E-state index in [2.05, 4.69) is 15.8 Å². The first kappa shape index (κ1) is 18.3. The number of nitrogens with zero attached hydrogens (tertiary/aromatic N) is 1. The summed E-state index contributed by atoms with van der Waals surface area (Å²) in [4.78, 5) is 12.7. The number of benzene rings is 1. The molecule has 24 heavy (non-hydrogen) atoms. The molecule has 7 heteroatoms. The molecule has 0 bridgehead atoms. The molecule has 0 aliphatic heterocycles. The smallest absolute Gasteiger partial charge is 0.259 e. The molecule has 0 saturated carbocycles. The minimum atomic E-state index is -0.226. The van der Waals surface area contributed by atoms with E-state index in [9.17, 15) is 4.79 Å². The summed E-state index contributed by atoms with van der Waals surface area (Å²) in [6.45, 7) is 4.98. The lowest BCUT2D eigenvalue weighted by molar-refractivity contribution is 0.0940. The first-order valence-corrected chi connectivity index (χ1v) is 8.23. The first-order chi connectivity index (χ1) is 11.6. The van der Waals surface area contributed by atoms with Gasteiger partial charge in [0, 0.05) is 30.3 Å². The van der Waals surface area contributed by atoms with E-state index in [1.54, 1.807) is 31.4 Å². The van der Waals surface area contributed by atoms with Crippen LogP contribution < -0.4 is 10.6 Å². The molecule has 1 aromatic heterocycles. The van der Waals surface area contributed by atoms with Gasteiger partial charge in [-0.25, -0.2) is 0 Å². The lowest BCUT2D eigenvalue weighted by Gasteiger charge is -2.12. The van der Waals surface area contributed by atoms with Crippen LogP contribution in [0.4, 0.5) is 5.82 Å². The zero-order valence-corrected chi connectivity index (χ0v) is 14.8. The fourth-order valence-corrected chi connectivity index (χ4v) is 2.22. The van der Waals surface area contributed by atoms with Crippen molar-refractivity contribution in [3.63, 3.8) is 0 Å². The average Bonchev–Trinajstić information content (AvgIpc) is 2.99. The van der Waals surface area contributed by atoms with Gasteiger partial charge in [-0.05, 0) is 37.6 Å². The molecule has 1 atom stereocenters. The topological polar surface area (TPSA) is 76.4 Å². The Balaban J connectivity index is 2.35. The molecule has 2 N–H and O–H groups in total. The van der Waals surface area contributed by atoms with E-state index < -0.39 is 0 Å². The van der Waals surface area contributed by atoms with E-state index in [-0.39, 0.29) is 11.9 Å². The summed E-state index contributed by atoms with van der Waals surface area (Å²) in [5.74, 6) is 0.584. The molecule has 6 nitrogen and oxygen atoms in total. The van der Waals surface area contributed by atoms with Crippen LogP contribution in [0.5, 0.6) is 0 Å². The van der Waals surface area contributed by atoms with Gasteiger partial charge in [-0.15, -0.1) is 0 Å². The van der Waals surface area contributed by atoms with Crippen molar-refractivity contribution in [1.29, 1.82) is 0 Å². The molecule has 1 unspecified atom stereocenters. The number of anilines is 1. The number of amides is 1. The summed E-state index contributed by atoms with van der Waals surface area (Å²) >= 11 is 5.93. The highest BCUT2D eigenvalue weighted by Crippen LogP contribution is 2.30. The molecule has 0 fully saturated rings. The summed E-state index contributed by atoms with van der Waals surface area (Å²) in [7, 11) is 1.61. The van der Waals surface area contributed by atoms with Crippen molar-refractivity contribution in [3.05, 3.63) is 34.9 Å². The van der Waals surface area contributed by atoms with Crippen molar-refractivity contribution < 1.29 is 14.1 Å². The van der Waals surface area contributed by atoms with E-state index in [0.29, 0.717) is 35.3 Å². The number of rotatable bonds is 8. The zero-order valence-electron chi connectivity index (χ0n) is 14.1. The predicted molar refractivity (Wildman–Crippen MR) is 94.5 cm³/mol. The summed E-state index contributed by atoms with van der Waals surface area (Å²) < 4.78 is 10.4. The second-order valence-corrected chi connectivity index (χ2v) is 5.88. The van der Waals surface area contributed by atoms with E-state index in [1.165, 1.54) is 0 Å². The highest BCUT2D eigenvalue weighted by molar-refractivity contribution is 6.30. The van der Waals surface area contributed by atoms with E-state index in [1.807, 2.05) is 13.8 Å². The van der Waals surface area contributed by atoms with Gasteiger partial charge in [-0.1, -0.05) is 23.7 Å². The molecule has 2 rings (SSSR count). The Morgan fingerprint density at radius 3 is 2.71 bits per heavy atom. The molecule has 1 heterocycles. The summed E-state index contributed by atoms with van der Waals surface area (Å²) in [5, 5.41) is 10.6. The monoisotopic (exact) mass is 351 g/mol. The number of ether oxygens (including phenoxy) is 1. The third-order valence-electron chi connectivity index (χ3n) is 3.61. The molecular weight excluding hydrogens is 330 g/mol. The van der Waals surface area contributed by atoms with Crippen molar-refractivity contribution in [2.45, 2.75) is 26.3 Å². The lowest BCUT2D eigenvalue weighted by Crippen LogP contribution is -2.32. The van der Waals surface area contributed by atoms with Crippen LogP contribution in [-0.2, 0) is 4.74 Å². The van der Waals surface area contributed by atoms with Crippen molar-refractivity contribution in [2.75, 3.05) is 25.6 Å². The van der Waals surface area contributed by atoms with E-state index >= 15 is 0 Å². The van der Waals surface area contributed by atoms with Crippen LogP contribution in [0.3, 0.4) is 0 Å². The van der Waals surface area contributed by atoms with Crippen molar-refractivity contribution in [1.82, 2.24) is 10.5 Å². The number of hydrogen-bond donors (Lipinski definition) is 2. The Morgan fingerprint density at radius 1 is 1.38 bits per heavy atom. The van der Waals surface area contributed by atoms with Crippen LogP contribution in [0.2, 0.25) is 5.02 Å². The average molecular weight is 352 g/mol. The molecule has 0 aliphatic rings. The van der Waals surface area contributed by atoms with Gasteiger partial charge in [-0.2, -0.15) is 0 Å². The molecule has 0 aliphatic carbocycles. The van der Waals surface area contributed by atoms with Gasteiger partial charge in [0.2, 0.25) is 0 Å². The van der Waals surface area contributed by atoms with Gasteiger partial charge in [-0.3, -0.25) is 4.79 Å². The number of halogens is 1. The van der Waals surface area contributed by atoms with Crippen LogP contribution in [-0.4, -0.2) is 37.4 Å². The molecule has 0 radical (unpaired) electrons. The van der Waals surface area contributed by atoms with Crippen LogP contribution in [0.15, 0.2) is 28.8 Å². The SMILES string of the molecule is CCC(C)NC(=O)c1c(NCCOC)noc1-c1ccc(Cl)cc1. The van der Waals surface area contributed by atoms with Gasteiger partial charge in [0.15, 0.2) is 11.6 Å². The van der Waals surface area contributed by atoms with Gasteiger partial charge < -0.3 is 19.9 Å². The minimum absolute atomic E-state index is 0.0530. The second kappa shape index (κ2) is 8.70. The molecular formula is C17H22ClN3O3. The Bertz CT molecular complexity index is 670. The highest BCUT2D eigenvalue weighted by atomic mass is 35.5. The van der Waals surface area contributed by atoms with E-state index in [4.69, 9.17) is 20.9 Å². The maximum absolute atomic E-state index is 12.7. The maximum Gasteiger partial charge on any atom is 0.259 e. The number of carbonyl (C=O) groups is 1. The van der Waals surface area contributed by atoms with Gasteiger partial charge in [0.25, 0.3) is 5.91 Å². The molecule has 0 saturated heterocycles. The van der Waals surface area contributed by atoms with Crippen LogP contribution >= 0.6 is 11.6 Å². The minimum Gasteiger partial charge on any atom is -0.383 e. The normalized spacial score (nSPS) is 12.0. The fraction of sp³-hybridized carbons (Fsp3) is 0.412. The lowest BCUT2D eigenvalue weighted by atomic mass is 10.1. The molecule has 2 aromatic rings.